The molecule has 0 atom stereocenters. The first-order valence-corrected chi connectivity index (χ1v) is 5.38. The first-order valence-electron chi connectivity index (χ1n) is 5.38. The standard InChI is InChI=1S/C14H16O2/c1-2-16-14(15)12-8-4-7-11-13-9-5-3-6-10-13/h3,5-12H,2,4H2,1H3/b11-7?,12-8+. The molecule has 0 saturated heterocycles. The number of benzene rings is 1. The van der Waals surface area contributed by atoms with E-state index in [1.165, 1.54) is 6.08 Å². The second-order valence-corrected chi connectivity index (χ2v) is 3.20. The number of carbonyl (C=O) groups excluding carboxylic acids is 1. The molecule has 0 bridgehead atoms. The smallest absolute Gasteiger partial charge is 0.330 e. The van der Waals surface area contributed by atoms with Gasteiger partial charge >= 0.3 is 5.97 Å². The van der Waals surface area contributed by atoms with Gasteiger partial charge < -0.3 is 4.74 Å². The van der Waals surface area contributed by atoms with Gasteiger partial charge in [-0.3, -0.25) is 0 Å². The molecule has 1 aromatic rings. The summed E-state index contributed by atoms with van der Waals surface area (Å²) < 4.78 is 4.76. The molecule has 0 N–H and O–H groups in total. The van der Waals surface area contributed by atoms with Crippen molar-refractivity contribution >= 4 is 12.0 Å². The molecule has 0 saturated carbocycles. The van der Waals surface area contributed by atoms with E-state index in [0.29, 0.717) is 6.61 Å². The van der Waals surface area contributed by atoms with Gasteiger partial charge in [0, 0.05) is 6.08 Å². The van der Waals surface area contributed by atoms with Crippen molar-refractivity contribution < 1.29 is 9.53 Å². The molecular formula is C14H16O2. The van der Waals surface area contributed by atoms with Gasteiger partial charge in [-0.15, -0.1) is 0 Å². The van der Waals surface area contributed by atoms with Crippen LogP contribution in [-0.2, 0) is 9.53 Å². The van der Waals surface area contributed by atoms with Crippen LogP contribution in [0.2, 0.25) is 0 Å². The van der Waals surface area contributed by atoms with Crippen molar-refractivity contribution in [1.82, 2.24) is 0 Å². The summed E-state index contributed by atoms with van der Waals surface area (Å²) in [4.78, 5) is 10.9. The minimum Gasteiger partial charge on any atom is -0.463 e. The van der Waals surface area contributed by atoms with Crippen molar-refractivity contribution in [3.8, 4) is 0 Å². The second kappa shape index (κ2) is 7.46. The van der Waals surface area contributed by atoms with E-state index < -0.39 is 0 Å². The number of rotatable bonds is 5. The fourth-order valence-electron chi connectivity index (χ4n) is 1.20. The second-order valence-electron chi connectivity index (χ2n) is 3.20. The van der Waals surface area contributed by atoms with Gasteiger partial charge in [-0.25, -0.2) is 4.79 Å². The third-order valence-electron chi connectivity index (χ3n) is 1.92. The molecule has 0 amide bonds. The maximum atomic E-state index is 10.9. The molecule has 0 unspecified atom stereocenters. The Kier molecular flexibility index (Phi) is 5.71. The highest BCUT2D eigenvalue weighted by atomic mass is 16.5. The van der Waals surface area contributed by atoms with E-state index in [1.807, 2.05) is 42.5 Å². The lowest BCUT2D eigenvalue weighted by molar-refractivity contribution is -0.137. The molecule has 84 valence electrons. The topological polar surface area (TPSA) is 26.3 Å². The number of hydrogen-bond acceptors (Lipinski definition) is 2. The number of ether oxygens (including phenoxy) is 1. The summed E-state index contributed by atoms with van der Waals surface area (Å²) in [6.45, 7) is 2.21. The van der Waals surface area contributed by atoms with Crippen LogP contribution in [0.25, 0.3) is 6.08 Å². The zero-order chi connectivity index (χ0) is 11.6. The molecule has 0 aromatic heterocycles. The van der Waals surface area contributed by atoms with Crippen LogP contribution in [0.1, 0.15) is 18.9 Å². The van der Waals surface area contributed by atoms with Crippen LogP contribution in [0.4, 0.5) is 0 Å². The summed E-state index contributed by atoms with van der Waals surface area (Å²) in [5.41, 5.74) is 1.16. The molecule has 0 fully saturated rings. The van der Waals surface area contributed by atoms with E-state index in [9.17, 15) is 4.79 Å². The first kappa shape index (κ1) is 12.2. The SMILES string of the molecule is CCOC(=O)/C=C/CC=Cc1ccccc1. The van der Waals surface area contributed by atoms with Gasteiger partial charge in [-0.1, -0.05) is 48.6 Å². The number of esters is 1. The Bertz CT molecular complexity index is 364. The molecule has 2 nitrogen and oxygen atoms in total. The Morgan fingerprint density at radius 2 is 2.00 bits per heavy atom. The van der Waals surface area contributed by atoms with Gasteiger partial charge in [-0.2, -0.15) is 0 Å². The zero-order valence-electron chi connectivity index (χ0n) is 9.43. The fourth-order valence-corrected chi connectivity index (χ4v) is 1.20. The van der Waals surface area contributed by atoms with Gasteiger partial charge in [0.2, 0.25) is 0 Å². The van der Waals surface area contributed by atoms with E-state index in [1.54, 1.807) is 13.0 Å². The molecule has 0 aliphatic rings. The Balaban J connectivity index is 2.30. The molecule has 0 radical (unpaired) electrons. The summed E-state index contributed by atoms with van der Waals surface area (Å²) in [5.74, 6) is -0.282. The van der Waals surface area contributed by atoms with Crippen LogP contribution < -0.4 is 0 Å². The Morgan fingerprint density at radius 1 is 1.25 bits per heavy atom. The highest BCUT2D eigenvalue weighted by molar-refractivity contribution is 5.81. The van der Waals surface area contributed by atoms with Crippen LogP contribution in [0, 0.1) is 0 Å². The number of hydrogen-bond donors (Lipinski definition) is 0. The third-order valence-corrected chi connectivity index (χ3v) is 1.92. The lowest BCUT2D eigenvalue weighted by Gasteiger charge is -1.93. The van der Waals surface area contributed by atoms with Crippen molar-refractivity contribution in [2.45, 2.75) is 13.3 Å². The van der Waals surface area contributed by atoms with E-state index in [0.717, 1.165) is 12.0 Å². The Labute approximate surface area is 96.2 Å². The summed E-state index contributed by atoms with van der Waals surface area (Å²) in [6.07, 6.45) is 8.00. The molecule has 0 spiro atoms. The minimum atomic E-state index is -0.282. The predicted molar refractivity (Wildman–Crippen MR) is 65.9 cm³/mol. The number of allylic oxidation sites excluding steroid dienone is 2. The maximum absolute atomic E-state index is 10.9. The highest BCUT2D eigenvalue weighted by Gasteiger charge is 1.90. The van der Waals surface area contributed by atoms with Gasteiger partial charge in [0.1, 0.15) is 0 Å². The van der Waals surface area contributed by atoms with Crippen molar-refractivity contribution in [1.29, 1.82) is 0 Å². The average molecular weight is 216 g/mol. The monoisotopic (exact) mass is 216 g/mol. The Hall–Kier alpha value is -1.83. The van der Waals surface area contributed by atoms with Crippen LogP contribution in [0.5, 0.6) is 0 Å². The lowest BCUT2D eigenvalue weighted by Crippen LogP contribution is -1.98. The van der Waals surface area contributed by atoms with Crippen molar-refractivity contribution in [2.75, 3.05) is 6.61 Å². The maximum Gasteiger partial charge on any atom is 0.330 e. The first-order chi connectivity index (χ1) is 7.83. The van der Waals surface area contributed by atoms with E-state index in [-0.39, 0.29) is 5.97 Å². The van der Waals surface area contributed by atoms with Gasteiger partial charge in [-0.05, 0) is 18.9 Å². The number of carbonyl (C=O) groups is 1. The van der Waals surface area contributed by atoms with Crippen molar-refractivity contribution in [2.24, 2.45) is 0 Å². The van der Waals surface area contributed by atoms with Crippen molar-refractivity contribution in [3.05, 3.63) is 54.1 Å². The van der Waals surface area contributed by atoms with E-state index in [4.69, 9.17) is 4.74 Å². The van der Waals surface area contributed by atoms with E-state index >= 15 is 0 Å². The van der Waals surface area contributed by atoms with Gasteiger partial charge in [0.05, 0.1) is 6.61 Å². The Morgan fingerprint density at radius 3 is 2.69 bits per heavy atom. The zero-order valence-corrected chi connectivity index (χ0v) is 9.43. The summed E-state index contributed by atoms with van der Waals surface area (Å²) in [7, 11) is 0. The fraction of sp³-hybridized carbons (Fsp3) is 0.214. The molecular weight excluding hydrogens is 200 g/mol. The third kappa shape index (κ3) is 5.15. The summed E-state index contributed by atoms with van der Waals surface area (Å²) >= 11 is 0. The molecule has 16 heavy (non-hydrogen) atoms. The molecule has 1 aromatic carbocycles. The lowest BCUT2D eigenvalue weighted by atomic mass is 10.2. The van der Waals surface area contributed by atoms with Crippen LogP contribution in [-0.4, -0.2) is 12.6 Å². The summed E-state index contributed by atoms with van der Waals surface area (Å²) in [6, 6.07) is 10.0. The van der Waals surface area contributed by atoms with Crippen LogP contribution in [0.15, 0.2) is 48.6 Å². The average Bonchev–Trinajstić information content (AvgIpc) is 2.30. The van der Waals surface area contributed by atoms with Crippen LogP contribution >= 0.6 is 0 Å². The minimum absolute atomic E-state index is 0.282. The molecule has 2 heteroatoms. The molecule has 0 aliphatic heterocycles. The van der Waals surface area contributed by atoms with Gasteiger partial charge in [0.15, 0.2) is 0 Å². The highest BCUT2D eigenvalue weighted by Crippen LogP contribution is 2.01. The van der Waals surface area contributed by atoms with Crippen molar-refractivity contribution in [3.63, 3.8) is 0 Å². The molecule has 0 heterocycles. The molecule has 0 aliphatic carbocycles. The largest absolute Gasteiger partial charge is 0.463 e. The van der Waals surface area contributed by atoms with Gasteiger partial charge in [0.25, 0.3) is 0 Å². The summed E-state index contributed by atoms with van der Waals surface area (Å²) in [5, 5.41) is 0. The normalized spacial score (nSPS) is 11.1. The predicted octanol–water partition coefficient (Wildman–Crippen LogP) is 3.21. The molecule has 1 rings (SSSR count). The van der Waals surface area contributed by atoms with Crippen LogP contribution in [0.3, 0.4) is 0 Å². The van der Waals surface area contributed by atoms with E-state index in [2.05, 4.69) is 0 Å². The quantitative estimate of drug-likeness (QED) is 0.558.